The zero-order valence-electron chi connectivity index (χ0n) is 11.8. The number of carbonyl (C=O) groups excluding carboxylic acids is 2. The zero-order valence-corrected chi connectivity index (χ0v) is 11.8. The molecule has 0 aromatic rings. The molecular formula is C13H26N4O2. The Morgan fingerprint density at radius 3 is 2.47 bits per heavy atom. The Labute approximate surface area is 115 Å². The number of unbranched alkanes of at least 4 members (excludes halogenated alkanes) is 2. The quantitative estimate of drug-likeness (QED) is 0.263. The number of amides is 2. The molecule has 110 valence electrons. The molecule has 0 radical (unpaired) electrons. The van der Waals surface area contributed by atoms with Crippen LogP contribution in [0.5, 0.6) is 0 Å². The summed E-state index contributed by atoms with van der Waals surface area (Å²) in [4.78, 5) is 24.8. The molecule has 0 unspecified atom stereocenters. The van der Waals surface area contributed by atoms with Crippen LogP contribution in [0.2, 0.25) is 0 Å². The Kier molecular flexibility index (Phi) is 7.43. The van der Waals surface area contributed by atoms with Crippen molar-refractivity contribution in [2.24, 2.45) is 11.8 Å². The molecule has 19 heavy (non-hydrogen) atoms. The fourth-order valence-corrected chi connectivity index (χ4v) is 2.49. The molecule has 0 bridgehead atoms. The van der Waals surface area contributed by atoms with Crippen molar-refractivity contribution in [1.29, 1.82) is 0 Å². The summed E-state index contributed by atoms with van der Waals surface area (Å²) in [5.41, 5.74) is 2.14. The van der Waals surface area contributed by atoms with Gasteiger partial charge in [0.05, 0.1) is 0 Å². The van der Waals surface area contributed by atoms with Gasteiger partial charge in [-0.05, 0) is 45.3 Å². The molecule has 4 N–H and O–H groups in total. The highest BCUT2D eigenvalue weighted by Crippen LogP contribution is 2.17. The maximum absolute atomic E-state index is 11.5. The highest BCUT2D eigenvalue weighted by atomic mass is 16.2. The smallest absolute Gasteiger partial charge is 0.233 e. The molecule has 0 atom stereocenters. The van der Waals surface area contributed by atoms with Gasteiger partial charge in [0.25, 0.3) is 0 Å². The van der Waals surface area contributed by atoms with Crippen LogP contribution >= 0.6 is 0 Å². The average Bonchev–Trinajstić information content (AvgIpc) is 2.46. The second-order valence-electron chi connectivity index (χ2n) is 5.11. The highest BCUT2D eigenvalue weighted by molar-refractivity contribution is 5.78. The minimum Gasteiger partial charge on any atom is -0.359 e. The Bertz CT molecular complexity index is 288. The topological polar surface area (TPSA) is 87.5 Å². The lowest BCUT2D eigenvalue weighted by Crippen LogP contribution is -2.39. The normalized spacial score (nSPS) is 17.2. The van der Waals surface area contributed by atoms with Crippen molar-refractivity contribution in [3.8, 4) is 0 Å². The Hall–Kier alpha value is -1.14. The largest absolute Gasteiger partial charge is 0.359 e. The number of likely N-dealkylation sites (tertiary alicyclic amines) is 1. The molecular weight excluding hydrogens is 244 g/mol. The standard InChI is InChI=1S/C13H26N4O2/c1-15-13(19)11-6-9-17(10-7-11)8-4-2-3-5-12(18)16-14/h11H,2-10,14H2,1H3,(H,15,19)(H,16,18). The van der Waals surface area contributed by atoms with E-state index in [2.05, 4.69) is 15.6 Å². The van der Waals surface area contributed by atoms with Crippen molar-refractivity contribution in [2.45, 2.75) is 38.5 Å². The van der Waals surface area contributed by atoms with Crippen LogP contribution in [0.15, 0.2) is 0 Å². The molecule has 1 heterocycles. The van der Waals surface area contributed by atoms with Crippen molar-refractivity contribution >= 4 is 11.8 Å². The van der Waals surface area contributed by atoms with Gasteiger partial charge in [0.15, 0.2) is 0 Å². The Balaban J connectivity index is 2.03. The second kappa shape index (κ2) is 8.87. The number of nitrogens with one attached hydrogen (secondary N) is 2. The lowest BCUT2D eigenvalue weighted by molar-refractivity contribution is -0.126. The molecule has 6 heteroatoms. The third-order valence-corrected chi connectivity index (χ3v) is 3.74. The Morgan fingerprint density at radius 2 is 1.89 bits per heavy atom. The number of hydrogen-bond acceptors (Lipinski definition) is 4. The summed E-state index contributed by atoms with van der Waals surface area (Å²) in [6.45, 7) is 3.06. The first-order valence-corrected chi connectivity index (χ1v) is 7.10. The fraction of sp³-hybridized carbons (Fsp3) is 0.846. The number of nitrogens with two attached hydrogens (primary N) is 1. The molecule has 1 rings (SSSR count). The van der Waals surface area contributed by atoms with Crippen molar-refractivity contribution in [3.05, 3.63) is 0 Å². The van der Waals surface area contributed by atoms with Gasteiger partial charge in [-0.25, -0.2) is 5.84 Å². The van der Waals surface area contributed by atoms with Crippen molar-refractivity contribution in [3.63, 3.8) is 0 Å². The number of nitrogens with zero attached hydrogens (tertiary/aromatic N) is 1. The van der Waals surface area contributed by atoms with E-state index >= 15 is 0 Å². The fourth-order valence-electron chi connectivity index (χ4n) is 2.49. The summed E-state index contributed by atoms with van der Waals surface area (Å²) in [7, 11) is 1.70. The van der Waals surface area contributed by atoms with Gasteiger partial charge in [0, 0.05) is 19.4 Å². The summed E-state index contributed by atoms with van der Waals surface area (Å²) in [5, 5.41) is 2.72. The maximum atomic E-state index is 11.5. The number of rotatable bonds is 7. The third kappa shape index (κ3) is 6.02. The molecule has 0 aromatic heterocycles. The van der Waals surface area contributed by atoms with E-state index in [4.69, 9.17) is 5.84 Å². The summed E-state index contributed by atoms with van der Waals surface area (Å²) < 4.78 is 0. The first-order valence-electron chi connectivity index (χ1n) is 7.10. The van der Waals surface area contributed by atoms with Crippen molar-refractivity contribution in [1.82, 2.24) is 15.6 Å². The van der Waals surface area contributed by atoms with E-state index in [9.17, 15) is 9.59 Å². The first kappa shape index (κ1) is 15.9. The van der Waals surface area contributed by atoms with Gasteiger partial charge in [-0.3, -0.25) is 15.0 Å². The zero-order chi connectivity index (χ0) is 14.1. The summed E-state index contributed by atoms with van der Waals surface area (Å²) in [6.07, 6.45) is 5.45. The molecule has 1 aliphatic heterocycles. The van der Waals surface area contributed by atoms with Crippen LogP contribution in [0.3, 0.4) is 0 Å². The number of hydrazine groups is 1. The van der Waals surface area contributed by atoms with Gasteiger partial charge >= 0.3 is 0 Å². The van der Waals surface area contributed by atoms with E-state index in [0.29, 0.717) is 6.42 Å². The van der Waals surface area contributed by atoms with Gasteiger partial charge in [0.2, 0.25) is 11.8 Å². The first-order chi connectivity index (χ1) is 9.17. The van der Waals surface area contributed by atoms with E-state index in [0.717, 1.165) is 51.7 Å². The van der Waals surface area contributed by atoms with Crippen LogP contribution in [0.25, 0.3) is 0 Å². The van der Waals surface area contributed by atoms with Gasteiger partial charge in [-0.2, -0.15) is 0 Å². The monoisotopic (exact) mass is 270 g/mol. The predicted molar refractivity (Wildman–Crippen MR) is 74.0 cm³/mol. The van der Waals surface area contributed by atoms with Gasteiger partial charge in [-0.15, -0.1) is 0 Å². The van der Waals surface area contributed by atoms with Crippen LogP contribution in [0.4, 0.5) is 0 Å². The molecule has 1 fully saturated rings. The van der Waals surface area contributed by atoms with Crippen molar-refractivity contribution < 1.29 is 9.59 Å². The molecule has 2 amide bonds. The third-order valence-electron chi connectivity index (χ3n) is 3.74. The van der Waals surface area contributed by atoms with Gasteiger partial charge in [0.1, 0.15) is 0 Å². The highest BCUT2D eigenvalue weighted by Gasteiger charge is 2.23. The second-order valence-corrected chi connectivity index (χ2v) is 5.11. The summed E-state index contributed by atoms with van der Waals surface area (Å²) in [6, 6.07) is 0. The van der Waals surface area contributed by atoms with Crippen molar-refractivity contribution in [2.75, 3.05) is 26.7 Å². The summed E-state index contributed by atoms with van der Waals surface area (Å²) in [5.74, 6) is 5.28. The van der Waals surface area contributed by atoms with Gasteiger partial charge < -0.3 is 10.2 Å². The van der Waals surface area contributed by atoms with E-state index in [-0.39, 0.29) is 17.7 Å². The van der Waals surface area contributed by atoms with Crippen LogP contribution in [-0.2, 0) is 9.59 Å². The van der Waals surface area contributed by atoms with Crippen LogP contribution < -0.4 is 16.6 Å². The SMILES string of the molecule is CNC(=O)C1CCN(CCCCCC(=O)NN)CC1. The molecule has 1 aliphatic rings. The lowest BCUT2D eigenvalue weighted by Gasteiger charge is -2.30. The van der Waals surface area contributed by atoms with Crippen LogP contribution in [-0.4, -0.2) is 43.4 Å². The number of hydrogen-bond donors (Lipinski definition) is 3. The number of carbonyl (C=O) groups is 2. The van der Waals surface area contributed by atoms with Gasteiger partial charge in [-0.1, -0.05) is 6.42 Å². The van der Waals surface area contributed by atoms with E-state index in [1.165, 1.54) is 0 Å². The molecule has 0 spiro atoms. The Morgan fingerprint density at radius 1 is 1.21 bits per heavy atom. The minimum absolute atomic E-state index is 0.0913. The molecule has 1 saturated heterocycles. The summed E-state index contributed by atoms with van der Waals surface area (Å²) >= 11 is 0. The molecule has 6 nitrogen and oxygen atoms in total. The minimum atomic E-state index is -0.0913. The van der Waals surface area contributed by atoms with E-state index < -0.39 is 0 Å². The van der Waals surface area contributed by atoms with E-state index in [1.807, 2.05) is 0 Å². The maximum Gasteiger partial charge on any atom is 0.233 e. The van der Waals surface area contributed by atoms with Crippen LogP contribution in [0.1, 0.15) is 38.5 Å². The molecule has 0 saturated carbocycles. The molecule has 0 aromatic carbocycles. The van der Waals surface area contributed by atoms with Crippen LogP contribution in [0, 0.1) is 5.92 Å². The van der Waals surface area contributed by atoms with E-state index in [1.54, 1.807) is 7.05 Å². The average molecular weight is 270 g/mol. The lowest BCUT2D eigenvalue weighted by atomic mass is 9.96. The molecule has 0 aliphatic carbocycles. The predicted octanol–water partition coefficient (Wildman–Crippen LogP) is -0.00530. The number of piperidine rings is 1.